The minimum Gasteiger partial charge on any atom is -0.507 e. The van der Waals surface area contributed by atoms with E-state index in [9.17, 15) is 5.11 Å². The first kappa shape index (κ1) is 20.9. The van der Waals surface area contributed by atoms with Gasteiger partial charge in [0.2, 0.25) is 0 Å². The molecule has 1 heterocycles. The Hall–Kier alpha value is -2.34. The highest BCUT2D eigenvalue weighted by atomic mass is 16.6. The van der Waals surface area contributed by atoms with Crippen molar-refractivity contribution in [1.29, 1.82) is 0 Å². The van der Waals surface area contributed by atoms with Crippen LogP contribution in [0.1, 0.15) is 26.3 Å². The van der Waals surface area contributed by atoms with Crippen LogP contribution in [-0.4, -0.2) is 50.9 Å². The van der Waals surface area contributed by atoms with Gasteiger partial charge in [0.15, 0.2) is 0 Å². The Balaban J connectivity index is 1.50. The third-order valence-corrected chi connectivity index (χ3v) is 5.36. The van der Waals surface area contributed by atoms with Gasteiger partial charge in [0.25, 0.3) is 0 Å². The number of hydrogen-bond acceptors (Lipinski definition) is 5. The number of phenolic OH excluding ortho intramolecular Hbond substituents is 1. The Bertz CT molecular complexity index is 1020. The Morgan fingerprint density at radius 2 is 1.57 bits per heavy atom. The summed E-state index contributed by atoms with van der Waals surface area (Å²) in [5.74, 6) is 1.08. The van der Waals surface area contributed by atoms with Gasteiger partial charge in [-0.25, -0.2) is 0 Å². The van der Waals surface area contributed by atoms with Gasteiger partial charge >= 0.3 is 0 Å². The van der Waals surface area contributed by atoms with E-state index in [2.05, 4.69) is 32.9 Å². The van der Waals surface area contributed by atoms with E-state index < -0.39 is 0 Å². The summed E-state index contributed by atoms with van der Waals surface area (Å²) in [5.41, 5.74) is 1.17. The summed E-state index contributed by atoms with van der Waals surface area (Å²) >= 11 is 0. The van der Waals surface area contributed by atoms with Gasteiger partial charge < -0.3 is 24.1 Å². The van der Waals surface area contributed by atoms with Crippen LogP contribution in [0.3, 0.4) is 0 Å². The fourth-order valence-electron chi connectivity index (χ4n) is 3.54. The van der Waals surface area contributed by atoms with Gasteiger partial charge in [0.05, 0.1) is 33.0 Å². The molecule has 1 fully saturated rings. The highest BCUT2D eigenvalue weighted by Gasteiger charge is 2.22. The van der Waals surface area contributed by atoms with Crippen molar-refractivity contribution in [3.05, 3.63) is 48.0 Å². The smallest absolute Gasteiger partial charge is 0.135 e. The molecule has 1 saturated heterocycles. The molecule has 1 aliphatic heterocycles. The molecule has 1 aliphatic rings. The lowest BCUT2D eigenvalue weighted by atomic mass is 9.85. The number of benzene rings is 3. The van der Waals surface area contributed by atoms with Gasteiger partial charge in [0, 0.05) is 21.5 Å². The second-order valence-corrected chi connectivity index (χ2v) is 8.72. The lowest BCUT2D eigenvalue weighted by Crippen LogP contribution is -2.13. The molecule has 1 unspecified atom stereocenters. The van der Waals surface area contributed by atoms with Crippen LogP contribution in [0, 0.1) is 0 Å². The van der Waals surface area contributed by atoms with Crippen LogP contribution in [0.15, 0.2) is 42.5 Å². The molecule has 160 valence electrons. The van der Waals surface area contributed by atoms with E-state index in [0.29, 0.717) is 38.8 Å². The zero-order chi connectivity index (χ0) is 21.1. The standard InChI is InChI=1S/C25H30O5/c1-25(2,3)17-8-9-21-22(14-17)23(26)19-6-4-5-7-20(19)24(21)29-13-12-27-10-11-28-15-18-16-30-18/h4-9,14,18,26H,10-13,15-16H2,1-3H3. The van der Waals surface area contributed by atoms with E-state index in [1.165, 1.54) is 5.56 Å². The Morgan fingerprint density at radius 1 is 0.900 bits per heavy atom. The lowest BCUT2D eigenvalue weighted by Gasteiger charge is -2.21. The number of aromatic hydroxyl groups is 1. The highest BCUT2D eigenvalue weighted by molar-refractivity contribution is 6.11. The molecule has 1 atom stereocenters. The van der Waals surface area contributed by atoms with E-state index in [-0.39, 0.29) is 11.5 Å². The summed E-state index contributed by atoms with van der Waals surface area (Å²) in [5, 5.41) is 14.4. The molecule has 1 N–H and O–H groups in total. The minimum atomic E-state index is -0.00512. The molecule has 5 heteroatoms. The molecule has 0 amide bonds. The van der Waals surface area contributed by atoms with E-state index >= 15 is 0 Å². The van der Waals surface area contributed by atoms with Crippen LogP contribution in [0.25, 0.3) is 21.5 Å². The Morgan fingerprint density at radius 3 is 2.30 bits per heavy atom. The molecule has 0 radical (unpaired) electrons. The molecule has 5 nitrogen and oxygen atoms in total. The number of hydrogen-bond donors (Lipinski definition) is 1. The van der Waals surface area contributed by atoms with E-state index in [1.54, 1.807) is 0 Å². The van der Waals surface area contributed by atoms with E-state index in [1.807, 2.05) is 30.3 Å². The fourth-order valence-corrected chi connectivity index (χ4v) is 3.54. The maximum Gasteiger partial charge on any atom is 0.135 e. The Kier molecular flexibility index (Phi) is 6.14. The predicted octanol–water partition coefficient (Wildman–Crippen LogP) is 4.81. The van der Waals surface area contributed by atoms with Crippen LogP contribution in [-0.2, 0) is 19.6 Å². The lowest BCUT2D eigenvalue weighted by molar-refractivity contribution is 0.0320. The number of phenols is 1. The SMILES string of the molecule is CC(C)(C)c1ccc2c(OCCOCCOCC3CO3)c3ccccc3c(O)c2c1. The number of ether oxygens (including phenoxy) is 4. The van der Waals surface area contributed by atoms with Gasteiger partial charge in [-0.15, -0.1) is 0 Å². The molecule has 3 aromatic rings. The first-order valence-corrected chi connectivity index (χ1v) is 10.5. The first-order chi connectivity index (χ1) is 14.4. The first-order valence-electron chi connectivity index (χ1n) is 10.5. The summed E-state index contributed by atoms with van der Waals surface area (Å²) in [6.07, 6.45) is 0.281. The summed E-state index contributed by atoms with van der Waals surface area (Å²) in [6.45, 7) is 9.94. The summed E-state index contributed by atoms with van der Waals surface area (Å²) in [6, 6.07) is 14.0. The third-order valence-electron chi connectivity index (χ3n) is 5.36. The van der Waals surface area contributed by atoms with Gasteiger partial charge in [0.1, 0.15) is 24.2 Å². The van der Waals surface area contributed by atoms with Crippen LogP contribution < -0.4 is 4.74 Å². The average molecular weight is 411 g/mol. The molecule has 0 aromatic heterocycles. The Labute approximate surface area is 177 Å². The molecule has 30 heavy (non-hydrogen) atoms. The molecule has 0 bridgehead atoms. The summed E-state index contributed by atoms with van der Waals surface area (Å²) in [7, 11) is 0. The minimum absolute atomic E-state index is 0.00512. The molecular weight excluding hydrogens is 380 g/mol. The van der Waals surface area contributed by atoms with Crippen molar-refractivity contribution in [3.8, 4) is 11.5 Å². The monoisotopic (exact) mass is 410 g/mol. The van der Waals surface area contributed by atoms with Crippen molar-refractivity contribution in [1.82, 2.24) is 0 Å². The van der Waals surface area contributed by atoms with Crippen molar-refractivity contribution in [2.75, 3.05) is 39.6 Å². The van der Waals surface area contributed by atoms with Crippen LogP contribution >= 0.6 is 0 Å². The molecule has 3 aromatic carbocycles. The maximum atomic E-state index is 11.0. The fraction of sp³-hybridized carbons (Fsp3) is 0.440. The van der Waals surface area contributed by atoms with Gasteiger partial charge in [-0.05, 0) is 17.0 Å². The van der Waals surface area contributed by atoms with Gasteiger partial charge in [-0.2, -0.15) is 0 Å². The van der Waals surface area contributed by atoms with Gasteiger partial charge in [-0.3, -0.25) is 0 Å². The van der Waals surface area contributed by atoms with Crippen molar-refractivity contribution < 1.29 is 24.1 Å². The zero-order valence-corrected chi connectivity index (χ0v) is 17.9. The maximum absolute atomic E-state index is 11.0. The van der Waals surface area contributed by atoms with Crippen molar-refractivity contribution >= 4 is 21.5 Å². The van der Waals surface area contributed by atoms with Crippen LogP contribution in [0.4, 0.5) is 0 Å². The normalized spacial score (nSPS) is 16.3. The van der Waals surface area contributed by atoms with E-state index in [4.69, 9.17) is 18.9 Å². The second kappa shape index (κ2) is 8.80. The van der Waals surface area contributed by atoms with Crippen LogP contribution in [0.2, 0.25) is 0 Å². The predicted molar refractivity (Wildman–Crippen MR) is 119 cm³/mol. The molecule has 0 saturated carbocycles. The second-order valence-electron chi connectivity index (χ2n) is 8.72. The van der Waals surface area contributed by atoms with Gasteiger partial charge in [-0.1, -0.05) is 57.2 Å². The largest absolute Gasteiger partial charge is 0.507 e. The molecule has 4 rings (SSSR count). The van der Waals surface area contributed by atoms with Crippen molar-refractivity contribution in [3.63, 3.8) is 0 Å². The topological polar surface area (TPSA) is 60.5 Å². The van der Waals surface area contributed by atoms with Crippen molar-refractivity contribution in [2.24, 2.45) is 0 Å². The molecule has 0 aliphatic carbocycles. The molecular formula is C25H30O5. The summed E-state index contributed by atoms with van der Waals surface area (Å²) < 4.78 is 22.4. The number of epoxide rings is 1. The van der Waals surface area contributed by atoms with Crippen LogP contribution in [0.5, 0.6) is 11.5 Å². The zero-order valence-electron chi connectivity index (χ0n) is 17.9. The van der Waals surface area contributed by atoms with Crippen molar-refractivity contribution in [2.45, 2.75) is 32.3 Å². The summed E-state index contributed by atoms with van der Waals surface area (Å²) in [4.78, 5) is 0. The quantitative estimate of drug-likeness (QED) is 0.312. The number of fused-ring (bicyclic) bond motifs is 2. The highest BCUT2D eigenvalue weighted by Crippen LogP contribution is 2.43. The average Bonchev–Trinajstić information content (AvgIpc) is 3.55. The number of rotatable bonds is 9. The van der Waals surface area contributed by atoms with E-state index in [0.717, 1.165) is 33.9 Å². The molecule has 0 spiro atoms. The third kappa shape index (κ3) is 4.69.